The standard InChI is InChI=1S/C52H95NO8/c1-3-5-7-9-11-13-15-17-18-19-20-21-22-23-24-25-26-27-28-30-31-33-35-37-39-41-46(55)45(44-60-52-51(59)50(58)49(57)47(43-54)61-52)53-48(56)42-40-38-36-34-32-29-16-14-12-10-8-6-4-2/h29,31-33,36,38-39,41,45-47,49-52,54-55,57-59H,3-28,30,34-35,37,40,42-44H2,1-2H3,(H,53,56)/b32-29-,33-31+,38-36-,41-39+. The van der Waals surface area contributed by atoms with E-state index in [0.29, 0.717) is 6.42 Å². The van der Waals surface area contributed by atoms with Gasteiger partial charge in [0.1, 0.15) is 24.4 Å². The highest BCUT2D eigenvalue weighted by Crippen LogP contribution is 2.22. The van der Waals surface area contributed by atoms with Crippen molar-refractivity contribution in [3.63, 3.8) is 0 Å². The summed E-state index contributed by atoms with van der Waals surface area (Å²) in [4.78, 5) is 12.9. The predicted octanol–water partition coefficient (Wildman–Crippen LogP) is 11.4. The summed E-state index contributed by atoms with van der Waals surface area (Å²) in [7, 11) is 0. The van der Waals surface area contributed by atoms with Crippen LogP contribution in [0.2, 0.25) is 0 Å². The lowest BCUT2D eigenvalue weighted by atomic mass is 9.99. The minimum atomic E-state index is -1.58. The Morgan fingerprint density at radius 2 is 0.984 bits per heavy atom. The van der Waals surface area contributed by atoms with Crippen LogP contribution in [0, 0.1) is 0 Å². The van der Waals surface area contributed by atoms with E-state index in [4.69, 9.17) is 9.47 Å². The summed E-state index contributed by atoms with van der Waals surface area (Å²) in [6.07, 6.45) is 47.6. The minimum Gasteiger partial charge on any atom is -0.394 e. The molecule has 0 aliphatic carbocycles. The number of carbonyl (C=O) groups is 1. The van der Waals surface area contributed by atoms with E-state index in [2.05, 4.69) is 49.5 Å². The lowest BCUT2D eigenvalue weighted by molar-refractivity contribution is -0.302. The van der Waals surface area contributed by atoms with Crippen molar-refractivity contribution in [3.05, 3.63) is 48.6 Å². The third-order valence-corrected chi connectivity index (χ3v) is 11.9. The molecule has 1 heterocycles. The second-order valence-corrected chi connectivity index (χ2v) is 17.6. The Morgan fingerprint density at radius 3 is 1.48 bits per heavy atom. The summed E-state index contributed by atoms with van der Waals surface area (Å²) in [5, 5.41) is 54.2. The molecular formula is C52H95NO8. The van der Waals surface area contributed by atoms with E-state index in [0.717, 1.165) is 32.1 Å². The normalized spacial score (nSPS) is 20.8. The SMILES string of the molecule is CCCCCCCC/C=C\C/C=C\CCC(=O)NC(COC1OC(CO)C(O)C(O)C1O)C(O)/C=C/CC/C=C/CCCCCCCCCCCCCCCCCCCCC. The summed E-state index contributed by atoms with van der Waals surface area (Å²) in [6.45, 7) is 3.72. The van der Waals surface area contributed by atoms with Gasteiger partial charge in [0.15, 0.2) is 6.29 Å². The topological polar surface area (TPSA) is 149 Å². The van der Waals surface area contributed by atoms with Crippen LogP contribution in [0.3, 0.4) is 0 Å². The molecular weight excluding hydrogens is 767 g/mol. The summed E-state index contributed by atoms with van der Waals surface area (Å²) < 4.78 is 11.2. The van der Waals surface area contributed by atoms with Gasteiger partial charge < -0.3 is 40.3 Å². The Bertz CT molecular complexity index is 1090. The van der Waals surface area contributed by atoms with Crippen molar-refractivity contribution in [3.8, 4) is 0 Å². The molecule has 1 aliphatic heterocycles. The molecule has 1 aliphatic rings. The zero-order valence-electron chi connectivity index (χ0n) is 39.2. The molecule has 7 atom stereocenters. The predicted molar refractivity (Wildman–Crippen MR) is 253 cm³/mol. The molecule has 61 heavy (non-hydrogen) atoms. The zero-order chi connectivity index (χ0) is 44.4. The Kier molecular flexibility index (Phi) is 39.5. The average Bonchev–Trinajstić information content (AvgIpc) is 3.26. The van der Waals surface area contributed by atoms with Crippen LogP contribution in [0.5, 0.6) is 0 Å². The van der Waals surface area contributed by atoms with E-state index in [9.17, 15) is 30.3 Å². The zero-order valence-corrected chi connectivity index (χ0v) is 39.2. The Morgan fingerprint density at radius 1 is 0.557 bits per heavy atom. The van der Waals surface area contributed by atoms with Gasteiger partial charge in [-0.25, -0.2) is 0 Å². The molecule has 9 heteroatoms. The number of allylic oxidation sites excluding steroid dienone is 7. The second-order valence-electron chi connectivity index (χ2n) is 17.6. The molecule has 0 aromatic carbocycles. The molecule has 356 valence electrons. The monoisotopic (exact) mass is 862 g/mol. The molecule has 0 radical (unpaired) electrons. The lowest BCUT2D eigenvalue weighted by Crippen LogP contribution is -2.60. The Labute approximate surface area is 373 Å². The average molecular weight is 862 g/mol. The molecule has 9 nitrogen and oxygen atoms in total. The van der Waals surface area contributed by atoms with Gasteiger partial charge in [0.2, 0.25) is 5.91 Å². The highest BCUT2D eigenvalue weighted by molar-refractivity contribution is 5.76. The maximum absolute atomic E-state index is 12.9. The molecule has 1 saturated heterocycles. The maximum atomic E-state index is 12.9. The van der Waals surface area contributed by atoms with Crippen molar-refractivity contribution < 1.29 is 39.8 Å². The fourth-order valence-electron chi connectivity index (χ4n) is 7.81. The molecule has 1 rings (SSSR count). The fraction of sp³-hybridized carbons (Fsp3) is 0.827. The van der Waals surface area contributed by atoms with Crippen LogP contribution in [-0.2, 0) is 14.3 Å². The van der Waals surface area contributed by atoms with Gasteiger partial charge in [-0.3, -0.25) is 4.79 Å². The van der Waals surface area contributed by atoms with Crippen LogP contribution in [0.15, 0.2) is 48.6 Å². The number of aliphatic hydroxyl groups is 5. The number of hydrogen-bond donors (Lipinski definition) is 6. The lowest BCUT2D eigenvalue weighted by Gasteiger charge is -2.40. The van der Waals surface area contributed by atoms with Crippen molar-refractivity contribution >= 4 is 5.91 Å². The van der Waals surface area contributed by atoms with Crippen LogP contribution < -0.4 is 5.32 Å². The van der Waals surface area contributed by atoms with Gasteiger partial charge in [0.05, 0.1) is 25.4 Å². The molecule has 0 saturated carbocycles. The van der Waals surface area contributed by atoms with Crippen LogP contribution in [0.4, 0.5) is 0 Å². The van der Waals surface area contributed by atoms with Crippen LogP contribution in [0.1, 0.15) is 219 Å². The Balaban J connectivity index is 2.31. The quantitative estimate of drug-likeness (QED) is 0.0262. The first-order valence-corrected chi connectivity index (χ1v) is 25.4. The van der Waals surface area contributed by atoms with Crippen molar-refractivity contribution in [2.75, 3.05) is 13.2 Å². The molecule has 0 spiro atoms. The van der Waals surface area contributed by atoms with Crippen molar-refractivity contribution in [2.45, 2.75) is 262 Å². The first kappa shape index (κ1) is 57.2. The molecule has 7 unspecified atom stereocenters. The van der Waals surface area contributed by atoms with Crippen molar-refractivity contribution in [2.24, 2.45) is 0 Å². The van der Waals surface area contributed by atoms with Crippen molar-refractivity contribution in [1.82, 2.24) is 5.32 Å². The van der Waals surface area contributed by atoms with E-state index in [-0.39, 0.29) is 18.9 Å². The van der Waals surface area contributed by atoms with Gasteiger partial charge in [-0.05, 0) is 51.4 Å². The van der Waals surface area contributed by atoms with Crippen LogP contribution >= 0.6 is 0 Å². The van der Waals surface area contributed by atoms with Gasteiger partial charge >= 0.3 is 0 Å². The van der Waals surface area contributed by atoms with Gasteiger partial charge in [-0.2, -0.15) is 0 Å². The minimum absolute atomic E-state index is 0.224. The summed E-state index contributed by atoms with van der Waals surface area (Å²) in [6, 6.07) is -0.852. The Hall–Kier alpha value is -1.85. The highest BCUT2D eigenvalue weighted by Gasteiger charge is 2.44. The largest absolute Gasteiger partial charge is 0.394 e. The number of ether oxygens (including phenoxy) is 2. The smallest absolute Gasteiger partial charge is 0.220 e. The molecule has 0 aromatic heterocycles. The van der Waals surface area contributed by atoms with Crippen molar-refractivity contribution in [1.29, 1.82) is 0 Å². The fourth-order valence-corrected chi connectivity index (χ4v) is 7.81. The van der Waals surface area contributed by atoms with Crippen LogP contribution in [0.25, 0.3) is 0 Å². The van der Waals surface area contributed by atoms with E-state index in [1.54, 1.807) is 6.08 Å². The number of amides is 1. The van der Waals surface area contributed by atoms with Gasteiger partial charge in [0, 0.05) is 6.42 Å². The van der Waals surface area contributed by atoms with Crippen LogP contribution in [-0.4, -0.2) is 87.5 Å². The van der Waals surface area contributed by atoms with Gasteiger partial charge in [-0.15, -0.1) is 0 Å². The summed E-state index contributed by atoms with van der Waals surface area (Å²) in [5.74, 6) is -0.254. The summed E-state index contributed by atoms with van der Waals surface area (Å²) >= 11 is 0. The number of aliphatic hydroxyl groups excluding tert-OH is 5. The maximum Gasteiger partial charge on any atom is 0.220 e. The summed E-state index contributed by atoms with van der Waals surface area (Å²) in [5.41, 5.74) is 0. The molecule has 0 bridgehead atoms. The second kappa shape index (κ2) is 42.1. The van der Waals surface area contributed by atoms with Gasteiger partial charge in [-0.1, -0.05) is 210 Å². The molecule has 0 aromatic rings. The first-order valence-electron chi connectivity index (χ1n) is 25.4. The first-order chi connectivity index (χ1) is 29.8. The third-order valence-electron chi connectivity index (χ3n) is 11.9. The van der Waals surface area contributed by atoms with Gasteiger partial charge in [0.25, 0.3) is 0 Å². The number of unbranched alkanes of at least 4 members (excludes halogenated alkanes) is 26. The number of rotatable bonds is 42. The molecule has 1 fully saturated rings. The van der Waals surface area contributed by atoms with E-state index < -0.39 is 49.5 Å². The van der Waals surface area contributed by atoms with E-state index >= 15 is 0 Å². The van der Waals surface area contributed by atoms with E-state index in [1.165, 1.54) is 161 Å². The molecule has 6 N–H and O–H groups in total. The number of carbonyl (C=O) groups excluding carboxylic acids is 1. The highest BCUT2D eigenvalue weighted by atomic mass is 16.7. The number of hydrogen-bond acceptors (Lipinski definition) is 8. The number of nitrogens with one attached hydrogen (secondary N) is 1. The van der Waals surface area contributed by atoms with E-state index in [1.807, 2.05) is 12.2 Å². The molecule has 1 amide bonds. The third kappa shape index (κ3) is 32.5.